The highest BCUT2D eigenvalue weighted by Gasteiger charge is 2.16. The lowest BCUT2D eigenvalue weighted by atomic mass is 10.1. The maximum absolute atomic E-state index is 12.2. The summed E-state index contributed by atoms with van der Waals surface area (Å²) in [4.78, 5) is 16.3. The molecule has 0 aliphatic carbocycles. The van der Waals surface area contributed by atoms with E-state index in [4.69, 9.17) is 9.47 Å². The van der Waals surface area contributed by atoms with Crippen molar-refractivity contribution in [3.63, 3.8) is 0 Å². The molecule has 28 heavy (non-hydrogen) atoms. The van der Waals surface area contributed by atoms with E-state index in [0.29, 0.717) is 21.8 Å². The Morgan fingerprint density at radius 1 is 1.21 bits per heavy atom. The van der Waals surface area contributed by atoms with Crippen LogP contribution in [0.15, 0.2) is 34.9 Å². The molecule has 4 aromatic rings. The number of anilines is 1. The van der Waals surface area contributed by atoms with Crippen molar-refractivity contribution in [3.8, 4) is 11.5 Å². The van der Waals surface area contributed by atoms with Gasteiger partial charge in [0.25, 0.3) is 0 Å². The van der Waals surface area contributed by atoms with Gasteiger partial charge in [0.2, 0.25) is 5.91 Å². The Kier molecular flexibility index (Phi) is 5.05. The highest BCUT2D eigenvalue weighted by Crippen LogP contribution is 2.34. The second kappa shape index (κ2) is 7.64. The van der Waals surface area contributed by atoms with Crippen LogP contribution in [-0.2, 0) is 4.79 Å². The van der Waals surface area contributed by atoms with Crippen molar-refractivity contribution in [2.45, 2.75) is 12.1 Å². The van der Waals surface area contributed by atoms with Crippen molar-refractivity contribution in [2.24, 2.45) is 0 Å². The van der Waals surface area contributed by atoms with Crippen molar-refractivity contribution in [1.29, 1.82) is 0 Å². The molecular weight excluding hydrogens is 398 g/mol. The van der Waals surface area contributed by atoms with Crippen molar-refractivity contribution < 1.29 is 14.3 Å². The Bertz CT molecular complexity index is 1160. The van der Waals surface area contributed by atoms with Gasteiger partial charge >= 0.3 is 0 Å². The number of thiazole rings is 1. The maximum Gasteiger partial charge on any atom is 0.236 e. The largest absolute Gasteiger partial charge is 0.493 e. The topological polar surface area (TPSA) is 90.6 Å². The molecule has 0 saturated carbocycles. The molecule has 0 aliphatic rings. The summed E-state index contributed by atoms with van der Waals surface area (Å²) < 4.78 is 12.8. The molecule has 0 radical (unpaired) electrons. The number of aromatic nitrogens is 4. The predicted octanol–water partition coefficient (Wildman–Crippen LogP) is 3.40. The van der Waals surface area contributed by atoms with E-state index in [1.165, 1.54) is 23.1 Å². The number of ether oxygens (including phenoxy) is 2. The van der Waals surface area contributed by atoms with Crippen LogP contribution < -0.4 is 14.8 Å². The van der Waals surface area contributed by atoms with Crippen LogP contribution in [0.1, 0.15) is 5.56 Å². The lowest BCUT2D eigenvalue weighted by Gasteiger charge is -2.12. The van der Waals surface area contributed by atoms with E-state index in [0.717, 1.165) is 22.1 Å². The van der Waals surface area contributed by atoms with Crippen molar-refractivity contribution in [2.75, 3.05) is 25.3 Å². The Hall–Kier alpha value is -2.85. The van der Waals surface area contributed by atoms with Gasteiger partial charge in [0.15, 0.2) is 27.4 Å². The summed E-state index contributed by atoms with van der Waals surface area (Å²) in [5.41, 5.74) is 2.60. The molecule has 0 unspecified atom stereocenters. The third-order valence-electron chi connectivity index (χ3n) is 4.14. The number of carbonyl (C=O) groups excluding carboxylic acids is 1. The fourth-order valence-electron chi connectivity index (χ4n) is 2.90. The van der Waals surface area contributed by atoms with Gasteiger partial charge in [0, 0.05) is 23.0 Å². The number of methoxy groups -OCH3 is 2. The number of pyridine rings is 1. The summed E-state index contributed by atoms with van der Waals surface area (Å²) in [6.45, 7) is 1.98. The monoisotopic (exact) mass is 415 g/mol. The van der Waals surface area contributed by atoms with Gasteiger partial charge in [-0.15, -0.1) is 21.5 Å². The van der Waals surface area contributed by atoms with Crippen LogP contribution in [0.25, 0.3) is 16.6 Å². The lowest BCUT2D eigenvalue weighted by Crippen LogP contribution is -2.14. The van der Waals surface area contributed by atoms with E-state index in [1.807, 2.05) is 34.9 Å². The highest BCUT2D eigenvalue weighted by atomic mass is 32.2. The highest BCUT2D eigenvalue weighted by molar-refractivity contribution is 7.99. The molecular formula is C18H17N5O3S2. The van der Waals surface area contributed by atoms with Crippen molar-refractivity contribution >= 4 is 50.7 Å². The summed E-state index contributed by atoms with van der Waals surface area (Å²) >= 11 is 2.69. The number of rotatable bonds is 6. The van der Waals surface area contributed by atoms with Gasteiger partial charge in [-0.25, -0.2) is 4.98 Å². The molecule has 1 N–H and O–H groups in total. The standard InChI is InChI=1S/C18H17N5O3S2/c1-10-6-11-7-13(25-2)14(26-3)8-12(11)23-16(10)21-22-18(23)28-9-15(24)20-17-19-4-5-27-17/h4-8H,9H2,1-3H3,(H,19,20,24). The maximum atomic E-state index is 12.2. The van der Waals surface area contributed by atoms with Crippen LogP contribution >= 0.6 is 23.1 Å². The molecule has 0 bridgehead atoms. The molecule has 0 aliphatic heterocycles. The number of carbonyl (C=O) groups is 1. The Morgan fingerprint density at radius 3 is 2.71 bits per heavy atom. The molecule has 1 aromatic carbocycles. The molecule has 3 aromatic heterocycles. The number of hydrogen-bond donors (Lipinski definition) is 1. The SMILES string of the molecule is COc1cc2cc(C)c3nnc(SCC(=O)Nc4nccs4)n3c2cc1OC. The zero-order chi connectivity index (χ0) is 19.7. The fraction of sp³-hybridized carbons (Fsp3) is 0.222. The van der Waals surface area contributed by atoms with Gasteiger partial charge in [0.05, 0.1) is 25.5 Å². The Morgan fingerprint density at radius 2 is 2.00 bits per heavy atom. The molecule has 8 nitrogen and oxygen atoms in total. The number of aryl methyl sites for hydroxylation is 1. The first-order chi connectivity index (χ1) is 13.6. The van der Waals surface area contributed by atoms with Crippen LogP contribution in [0.4, 0.5) is 5.13 Å². The molecule has 0 fully saturated rings. The second-order valence-corrected chi connectivity index (χ2v) is 7.75. The molecule has 4 rings (SSSR count). The number of benzene rings is 1. The van der Waals surface area contributed by atoms with Gasteiger partial charge in [-0.2, -0.15) is 0 Å². The van der Waals surface area contributed by atoms with Gasteiger partial charge in [-0.05, 0) is 24.6 Å². The van der Waals surface area contributed by atoms with Crippen molar-refractivity contribution in [1.82, 2.24) is 19.6 Å². The minimum atomic E-state index is -0.145. The van der Waals surface area contributed by atoms with Crippen LogP contribution in [-0.4, -0.2) is 45.5 Å². The van der Waals surface area contributed by atoms with Gasteiger partial charge < -0.3 is 14.8 Å². The summed E-state index contributed by atoms with van der Waals surface area (Å²) in [5.74, 6) is 1.32. The Balaban J connectivity index is 1.71. The van der Waals surface area contributed by atoms with E-state index in [1.54, 1.807) is 20.4 Å². The van der Waals surface area contributed by atoms with E-state index >= 15 is 0 Å². The van der Waals surface area contributed by atoms with Crippen LogP contribution in [0.3, 0.4) is 0 Å². The average Bonchev–Trinajstić information content (AvgIpc) is 3.35. The van der Waals surface area contributed by atoms with E-state index in [2.05, 4.69) is 20.5 Å². The molecule has 3 heterocycles. The van der Waals surface area contributed by atoms with Crippen LogP contribution in [0, 0.1) is 6.92 Å². The summed E-state index contributed by atoms with van der Waals surface area (Å²) in [6.07, 6.45) is 1.65. The third kappa shape index (κ3) is 3.36. The van der Waals surface area contributed by atoms with Crippen LogP contribution in [0.5, 0.6) is 11.5 Å². The first kappa shape index (κ1) is 18.5. The normalized spacial score (nSPS) is 11.1. The summed E-state index contributed by atoms with van der Waals surface area (Å²) in [5, 5.41) is 15.3. The molecule has 10 heteroatoms. The smallest absolute Gasteiger partial charge is 0.236 e. The van der Waals surface area contributed by atoms with Crippen molar-refractivity contribution in [3.05, 3.63) is 35.3 Å². The first-order valence-corrected chi connectivity index (χ1v) is 10.2. The fourth-order valence-corrected chi connectivity index (χ4v) is 4.19. The second-order valence-electron chi connectivity index (χ2n) is 5.91. The zero-order valence-electron chi connectivity index (χ0n) is 15.4. The predicted molar refractivity (Wildman–Crippen MR) is 110 cm³/mol. The lowest BCUT2D eigenvalue weighted by molar-refractivity contribution is -0.113. The van der Waals surface area contributed by atoms with E-state index < -0.39 is 0 Å². The zero-order valence-corrected chi connectivity index (χ0v) is 17.1. The third-order valence-corrected chi connectivity index (χ3v) is 5.76. The molecule has 0 spiro atoms. The molecule has 1 amide bonds. The van der Waals surface area contributed by atoms with Gasteiger partial charge in [-0.1, -0.05) is 11.8 Å². The minimum absolute atomic E-state index is 0.145. The first-order valence-electron chi connectivity index (χ1n) is 8.33. The van der Waals surface area contributed by atoms with Gasteiger partial charge in [-0.3, -0.25) is 9.20 Å². The average molecular weight is 416 g/mol. The number of amides is 1. The number of nitrogens with one attached hydrogen (secondary N) is 1. The van der Waals surface area contributed by atoms with E-state index in [9.17, 15) is 4.79 Å². The number of fused-ring (bicyclic) bond motifs is 3. The minimum Gasteiger partial charge on any atom is -0.493 e. The van der Waals surface area contributed by atoms with Gasteiger partial charge in [0.1, 0.15) is 0 Å². The number of thioether (sulfide) groups is 1. The van der Waals surface area contributed by atoms with Crippen LogP contribution in [0.2, 0.25) is 0 Å². The Labute approximate surface area is 168 Å². The number of hydrogen-bond acceptors (Lipinski definition) is 8. The summed E-state index contributed by atoms with van der Waals surface area (Å²) in [6, 6.07) is 5.85. The summed E-state index contributed by atoms with van der Waals surface area (Å²) in [7, 11) is 3.20. The number of nitrogens with zero attached hydrogens (tertiary/aromatic N) is 4. The molecule has 0 atom stereocenters. The van der Waals surface area contributed by atoms with E-state index in [-0.39, 0.29) is 11.7 Å². The molecule has 0 saturated heterocycles. The molecule has 144 valence electrons. The quantitative estimate of drug-likeness (QED) is 0.483.